The molecule has 0 aliphatic heterocycles. The van der Waals surface area contributed by atoms with E-state index in [1.54, 1.807) is 0 Å². The average Bonchev–Trinajstić information content (AvgIpc) is 2.50. The summed E-state index contributed by atoms with van der Waals surface area (Å²) in [5.74, 6) is 0. The van der Waals surface area contributed by atoms with Gasteiger partial charge >= 0.3 is 0 Å². The van der Waals surface area contributed by atoms with Gasteiger partial charge in [-0.05, 0) is 39.4 Å². The first-order chi connectivity index (χ1) is 10.1. The number of nitrogens with zero attached hydrogens (tertiary/aromatic N) is 1. The molecule has 0 saturated carbocycles. The van der Waals surface area contributed by atoms with Crippen molar-refractivity contribution >= 4 is 0 Å². The Balaban J connectivity index is 4.47. The van der Waals surface area contributed by atoms with E-state index < -0.39 is 0 Å². The van der Waals surface area contributed by atoms with Crippen LogP contribution in [-0.4, -0.2) is 36.1 Å². The highest BCUT2D eigenvalue weighted by molar-refractivity contribution is 4.95. The third-order valence-electron chi connectivity index (χ3n) is 5.25. The van der Waals surface area contributed by atoms with Crippen molar-refractivity contribution in [3.63, 3.8) is 0 Å². The third kappa shape index (κ3) is 7.15. The van der Waals surface area contributed by atoms with Crippen molar-refractivity contribution in [3.8, 4) is 0 Å². The first-order valence-electron chi connectivity index (χ1n) is 9.58. The van der Waals surface area contributed by atoms with Gasteiger partial charge in [-0.25, -0.2) is 0 Å². The summed E-state index contributed by atoms with van der Waals surface area (Å²) in [7, 11) is 0. The Morgan fingerprint density at radius 1 is 0.857 bits per heavy atom. The van der Waals surface area contributed by atoms with E-state index in [4.69, 9.17) is 0 Å². The van der Waals surface area contributed by atoms with Crippen molar-refractivity contribution in [2.45, 2.75) is 104 Å². The van der Waals surface area contributed by atoms with Crippen LogP contribution in [0, 0.1) is 0 Å². The van der Waals surface area contributed by atoms with E-state index in [-0.39, 0.29) is 0 Å². The Morgan fingerprint density at radius 2 is 1.43 bits per heavy atom. The summed E-state index contributed by atoms with van der Waals surface area (Å²) >= 11 is 0. The molecule has 0 aromatic heterocycles. The largest absolute Gasteiger partial charge is 0.312 e. The second kappa shape index (κ2) is 12.5. The van der Waals surface area contributed by atoms with Crippen LogP contribution in [0.4, 0.5) is 0 Å². The Bertz CT molecular complexity index is 226. The van der Waals surface area contributed by atoms with E-state index in [9.17, 15) is 0 Å². The van der Waals surface area contributed by atoms with Crippen molar-refractivity contribution in [2.24, 2.45) is 0 Å². The molecule has 0 radical (unpaired) electrons. The number of rotatable bonds is 14. The summed E-state index contributed by atoms with van der Waals surface area (Å²) in [6.45, 7) is 17.3. The van der Waals surface area contributed by atoms with Gasteiger partial charge in [-0.3, -0.25) is 4.90 Å². The van der Waals surface area contributed by atoms with Crippen LogP contribution in [0.25, 0.3) is 0 Å². The molecule has 0 rings (SSSR count). The highest BCUT2D eigenvalue weighted by Gasteiger charge is 2.35. The number of hydrogen-bond acceptors (Lipinski definition) is 2. The minimum Gasteiger partial charge on any atom is -0.312 e. The Morgan fingerprint density at radius 3 is 1.90 bits per heavy atom. The van der Waals surface area contributed by atoms with E-state index >= 15 is 0 Å². The minimum atomic E-state index is 0.295. The molecular weight excluding hydrogens is 256 g/mol. The number of nitrogens with one attached hydrogen (secondary N) is 1. The normalized spacial score (nSPS) is 16.1. The van der Waals surface area contributed by atoms with Gasteiger partial charge in [0.25, 0.3) is 0 Å². The second-order valence-corrected chi connectivity index (χ2v) is 6.55. The lowest BCUT2D eigenvalue weighted by Gasteiger charge is -2.46. The molecule has 1 N–H and O–H groups in total. The SMILES string of the molecule is CCCCCCCCC(NCC)C(C)(CC)N(CC)CC. The zero-order valence-corrected chi connectivity index (χ0v) is 15.8. The molecule has 2 heteroatoms. The fourth-order valence-corrected chi connectivity index (χ4v) is 3.64. The van der Waals surface area contributed by atoms with Gasteiger partial charge < -0.3 is 5.32 Å². The first-order valence-corrected chi connectivity index (χ1v) is 9.58. The number of unbranched alkanes of at least 4 members (excludes halogenated alkanes) is 5. The van der Waals surface area contributed by atoms with E-state index in [1.165, 1.54) is 51.4 Å². The predicted molar refractivity (Wildman–Crippen MR) is 97.1 cm³/mol. The van der Waals surface area contributed by atoms with E-state index in [0.29, 0.717) is 11.6 Å². The van der Waals surface area contributed by atoms with Crippen LogP contribution in [0.1, 0.15) is 92.9 Å². The molecule has 0 aliphatic carbocycles. The van der Waals surface area contributed by atoms with Crippen molar-refractivity contribution < 1.29 is 0 Å². The van der Waals surface area contributed by atoms with Crippen molar-refractivity contribution in [1.82, 2.24) is 10.2 Å². The molecule has 0 spiro atoms. The fraction of sp³-hybridized carbons (Fsp3) is 1.00. The molecule has 128 valence electrons. The monoisotopic (exact) mass is 298 g/mol. The maximum Gasteiger partial charge on any atom is 0.0331 e. The molecule has 0 heterocycles. The molecule has 0 aliphatic rings. The quantitative estimate of drug-likeness (QED) is 0.442. The van der Waals surface area contributed by atoms with Crippen LogP contribution in [0.15, 0.2) is 0 Å². The molecule has 0 saturated heterocycles. The molecule has 2 nitrogen and oxygen atoms in total. The number of hydrogen-bond donors (Lipinski definition) is 1. The van der Waals surface area contributed by atoms with Gasteiger partial charge in [0.1, 0.15) is 0 Å². The van der Waals surface area contributed by atoms with Crippen LogP contribution in [-0.2, 0) is 0 Å². The van der Waals surface area contributed by atoms with Gasteiger partial charge in [-0.15, -0.1) is 0 Å². The van der Waals surface area contributed by atoms with E-state index in [1.807, 2.05) is 0 Å². The van der Waals surface area contributed by atoms with Gasteiger partial charge in [0.2, 0.25) is 0 Å². The predicted octanol–water partition coefficient (Wildman–Crippen LogP) is 5.23. The van der Waals surface area contributed by atoms with E-state index in [0.717, 1.165) is 19.6 Å². The van der Waals surface area contributed by atoms with Crippen LogP contribution in [0.2, 0.25) is 0 Å². The lowest BCUT2D eigenvalue weighted by Crippen LogP contribution is -2.59. The topological polar surface area (TPSA) is 15.3 Å². The first kappa shape index (κ1) is 20.9. The van der Waals surface area contributed by atoms with Gasteiger partial charge in [0.05, 0.1) is 0 Å². The fourth-order valence-electron chi connectivity index (χ4n) is 3.64. The molecule has 0 amide bonds. The van der Waals surface area contributed by atoms with Crippen LogP contribution < -0.4 is 5.32 Å². The van der Waals surface area contributed by atoms with Gasteiger partial charge in [-0.1, -0.05) is 73.1 Å². The summed E-state index contributed by atoms with van der Waals surface area (Å²) in [4.78, 5) is 2.65. The maximum atomic E-state index is 3.78. The Kier molecular flexibility index (Phi) is 12.4. The highest BCUT2D eigenvalue weighted by atomic mass is 15.2. The molecule has 21 heavy (non-hydrogen) atoms. The minimum absolute atomic E-state index is 0.295. The number of likely N-dealkylation sites (N-methyl/N-ethyl adjacent to an activating group) is 2. The van der Waals surface area contributed by atoms with Crippen LogP contribution in [0.5, 0.6) is 0 Å². The molecule has 0 bridgehead atoms. The summed E-state index contributed by atoms with van der Waals surface area (Å²) in [6, 6.07) is 0.624. The van der Waals surface area contributed by atoms with E-state index in [2.05, 4.69) is 51.8 Å². The average molecular weight is 299 g/mol. The summed E-state index contributed by atoms with van der Waals surface area (Å²) in [5.41, 5.74) is 0.295. The van der Waals surface area contributed by atoms with Gasteiger partial charge in [0, 0.05) is 11.6 Å². The van der Waals surface area contributed by atoms with Crippen molar-refractivity contribution in [1.29, 1.82) is 0 Å². The summed E-state index contributed by atoms with van der Waals surface area (Å²) < 4.78 is 0. The molecule has 0 aromatic carbocycles. The Labute approximate surface area is 135 Å². The molecular formula is C19H42N2. The highest BCUT2D eigenvalue weighted by Crippen LogP contribution is 2.27. The maximum absolute atomic E-state index is 3.78. The van der Waals surface area contributed by atoms with Crippen LogP contribution >= 0.6 is 0 Å². The summed E-state index contributed by atoms with van der Waals surface area (Å²) in [5, 5.41) is 3.78. The van der Waals surface area contributed by atoms with Crippen molar-refractivity contribution in [3.05, 3.63) is 0 Å². The third-order valence-corrected chi connectivity index (χ3v) is 5.25. The molecule has 2 unspecified atom stereocenters. The standard InChI is InChI=1S/C19H42N2/c1-7-12-13-14-15-16-17-18(20-9-3)19(6,8-2)21(10-4)11-5/h18,20H,7-17H2,1-6H3. The lowest BCUT2D eigenvalue weighted by atomic mass is 9.83. The van der Waals surface area contributed by atoms with Crippen LogP contribution in [0.3, 0.4) is 0 Å². The van der Waals surface area contributed by atoms with Gasteiger partial charge in [0.15, 0.2) is 0 Å². The molecule has 2 atom stereocenters. The van der Waals surface area contributed by atoms with Gasteiger partial charge in [-0.2, -0.15) is 0 Å². The van der Waals surface area contributed by atoms with Crippen molar-refractivity contribution in [2.75, 3.05) is 19.6 Å². The molecule has 0 fully saturated rings. The smallest absolute Gasteiger partial charge is 0.0331 e. The zero-order chi connectivity index (χ0) is 16.1. The second-order valence-electron chi connectivity index (χ2n) is 6.55. The summed E-state index contributed by atoms with van der Waals surface area (Å²) in [6.07, 6.45) is 10.9. The lowest BCUT2D eigenvalue weighted by molar-refractivity contribution is 0.0662. The zero-order valence-electron chi connectivity index (χ0n) is 15.8. The Hall–Kier alpha value is -0.0800. The molecule has 0 aromatic rings.